The Hall–Kier alpha value is -1.47. The van der Waals surface area contributed by atoms with Crippen LogP contribution in [0.4, 0.5) is 0 Å². The molecule has 0 bridgehead atoms. The lowest BCUT2D eigenvalue weighted by atomic mass is 10.1. The number of amides is 1. The molecule has 0 unspecified atom stereocenters. The number of rotatable bonds is 5. The van der Waals surface area contributed by atoms with Crippen molar-refractivity contribution in [2.24, 2.45) is 0 Å². The van der Waals surface area contributed by atoms with Crippen LogP contribution in [-0.4, -0.2) is 25.3 Å². The van der Waals surface area contributed by atoms with Gasteiger partial charge in [-0.15, -0.1) is 5.10 Å². The van der Waals surface area contributed by atoms with Gasteiger partial charge in [0.25, 0.3) is 0 Å². The lowest BCUT2D eigenvalue weighted by molar-refractivity contribution is -0.124. The third kappa shape index (κ3) is 3.34. The second kappa shape index (κ2) is 6.32. The molecule has 0 saturated carbocycles. The Labute approximate surface area is 126 Å². The molecule has 0 aliphatic heterocycles. The highest BCUT2D eigenvalue weighted by molar-refractivity contribution is 7.05. The standard InChI is InChI=1S/C12H16ClN5OS/c1-7(2)11-10(20-17-16-11)5-14-12(19)8(3)18-6-9(13)4-15-18/h4,6-8H,5H2,1-3H3,(H,14,19)/t8-/m0/s1. The molecule has 0 aromatic carbocycles. The zero-order valence-corrected chi connectivity index (χ0v) is 13.1. The van der Waals surface area contributed by atoms with Gasteiger partial charge in [0.2, 0.25) is 5.91 Å². The summed E-state index contributed by atoms with van der Waals surface area (Å²) in [5, 5.41) is 11.5. The first kappa shape index (κ1) is 14.9. The maximum absolute atomic E-state index is 12.1. The Bertz CT molecular complexity index is 594. The lowest BCUT2D eigenvalue weighted by Crippen LogP contribution is -2.30. The van der Waals surface area contributed by atoms with E-state index in [2.05, 4.69) is 33.8 Å². The first-order valence-electron chi connectivity index (χ1n) is 6.27. The van der Waals surface area contributed by atoms with Crippen LogP contribution < -0.4 is 5.32 Å². The number of hydrogen-bond acceptors (Lipinski definition) is 5. The van der Waals surface area contributed by atoms with Crippen LogP contribution in [0.5, 0.6) is 0 Å². The average molecular weight is 314 g/mol. The smallest absolute Gasteiger partial charge is 0.244 e. The van der Waals surface area contributed by atoms with E-state index in [9.17, 15) is 4.79 Å². The molecule has 0 fully saturated rings. The quantitative estimate of drug-likeness (QED) is 0.920. The van der Waals surface area contributed by atoms with Crippen molar-refractivity contribution < 1.29 is 4.79 Å². The van der Waals surface area contributed by atoms with E-state index in [1.165, 1.54) is 22.4 Å². The summed E-state index contributed by atoms with van der Waals surface area (Å²) in [7, 11) is 0. The number of aromatic nitrogens is 4. The van der Waals surface area contributed by atoms with Gasteiger partial charge in [-0.25, -0.2) is 0 Å². The van der Waals surface area contributed by atoms with Crippen molar-refractivity contribution in [3.63, 3.8) is 0 Å². The van der Waals surface area contributed by atoms with Gasteiger partial charge in [-0.3, -0.25) is 9.48 Å². The molecule has 0 aliphatic rings. The summed E-state index contributed by atoms with van der Waals surface area (Å²) in [4.78, 5) is 13.1. The highest BCUT2D eigenvalue weighted by Crippen LogP contribution is 2.19. The molecule has 1 atom stereocenters. The third-order valence-corrected chi connectivity index (χ3v) is 3.83. The fourth-order valence-corrected chi connectivity index (χ4v) is 2.62. The van der Waals surface area contributed by atoms with E-state index in [0.29, 0.717) is 17.5 Å². The first-order chi connectivity index (χ1) is 9.49. The summed E-state index contributed by atoms with van der Waals surface area (Å²) in [5.74, 6) is 0.177. The van der Waals surface area contributed by atoms with Crippen LogP contribution in [0.2, 0.25) is 5.02 Å². The molecule has 108 valence electrons. The summed E-state index contributed by atoms with van der Waals surface area (Å²) in [6.07, 6.45) is 3.13. The second-order valence-corrected chi connectivity index (χ2v) is 6.04. The largest absolute Gasteiger partial charge is 0.349 e. The van der Waals surface area contributed by atoms with E-state index < -0.39 is 6.04 Å². The number of hydrogen-bond donors (Lipinski definition) is 1. The fourth-order valence-electron chi connectivity index (χ4n) is 1.74. The molecule has 0 radical (unpaired) electrons. The Morgan fingerprint density at radius 2 is 2.25 bits per heavy atom. The molecule has 2 rings (SSSR count). The minimum Gasteiger partial charge on any atom is -0.349 e. The van der Waals surface area contributed by atoms with Gasteiger partial charge < -0.3 is 5.32 Å². The number of carbonyl (C=O) groups excluding carboxylic acids is 1. The monoisotopic (exact) mass is 313 g/mol. The van der Waals surface area contributed by atoms with Crippen LogP contribution in [-0.2, 0) is 11.3 Å². The summed E-state index contributed by atoms with van der Waals surface area (Å²) >= 11 is 7.11. The van der Waals surface area contributed by atoms with Gasteiger partial charge in [0.15, 0.2) is 0 Å². The van der Waals surface area contributed by atoms with Gasteiger partial charge in [-0.2, -0.15) is 5.10 Å². The molecule has 1 N–H and O–H groups in total. The predicted molar refractivity (Wildman–Crippen MR) is 77.8 cm³/mol. The number of nitrogens with one attached hydrogen (secondary N) is 1. The van der Waals surface area contributed by atoms with E-state index in [0.717, 1.165) is 10.6 Å². The molecular weight excluding hydrogens is 298 g/mol. The van der Waals surface area contributed by atoms with Gasteiger partial charge in [-0.05, 0) is 24.4 Å². The van der Waals surface area contributed by atoms with Crippen LogP contribution in [0, 0.1) is 0 Å². The molecular formula is C12H16ClN5OS. The number of carbonyl (C=O) groups is 1. The molecule has 8 heteroatoms. The highest BCUT2D eigenvalue weighted by atomic mass is 35.5. The van der Waals surface area contributed by atoms with E-state index in [-0.39, 0.29) is 5.91 Å². The van der Waals surface area contributed by atoms with Gasteiger partial charge in [0.1, 0.15) is 6.04 Å². The van der Waals surface area contributed by atoms with Crippen LogP contribution in [0.25, 0.3) is 0 Å². The van der Waals surface area contributed by atoms with Crippen molar-refractivity contribution in [2.45, 2.75) is 39.3 Å². The number of halogens is 1. The van der Waals surface area contributed by atoms with Crippen molar-refractivity contribution in [2.75, 3.05) is 0 Å². The van der Waals surface area contributed by atoms with Gasteiger partial charge in [0.05, 0.1) is 28.3 Å². The Kier molecular flexibility index (Phi) is 4.72. The topological polar surface area (TPSA) is 72.7 Å². The van der Waals surface area contributed by atoms with Gasteiger partial charge in [-0.1, -0.05) is 29.9 Å². The third-order valence-electron chi connectivity index (χ3n) is 2.90. The Balaban J connectivity index is 1.96. The summed E-state index contributed by atoms with van der Waals surface area (Å²) in [5.41, 5.74) is 0.935. The maximum atomic E-state index is 12.1. The SMILES string of the molecule is CC(C)c1nnsc1CNC(=O)[C@H](C)n1cc(Cl)cn1. The first-order valence-corrected chi connectivity index (χ1v) is 7.42. The van der Waals surface area contributed by atoms with Crippen molar-refractivity contribution in [3.05, 3.63) is 28.0 Å². The molecule has 20 heavy (non-hydrogen) atoms. The molecule has 2 heterocycles. The zero-order chi connectivity index (χ0) is 14.7. The number of nitrogens with zero attached hydrogens (tertiary/aromatic N) is 4. The Morgan fingerprint density at radius 3 is 2.85 bits per heavy atom. The van der Waals surface area contributed by atoms with E-state index in [1.54, 1.807) is 13.1 Å². The van der Waals surface area contributed by atoms with E-state index >= 15 is 0 Å². The van der Waals surface area contributed by atoms with Crippen LogP contribution in [0.15, 0.2) is 12.4 Å². The van der Waals surface area contributed by atoms with Crippen molar-refractivity contribution in [1.82, 2.24) is 24.7 Å². The second-order valence-electron chi connectivity index (χ2n) is 4.77. The molecule has 0 saturated heterocycles. The van der Waals surface area contributed by atoms with E-state index in [1.807, 2.05) is 0 Å². The fraction of sp³-hybridized carbons (Fsp3) is 0.500. The average Bonchev–Trinajstić information content (AvgIpc) is 3.03. The normalized spacial score (nSPS) is 12.7. The van der Waals surface area contributed by atoms with Crippen molar-refractivity contribution >= 4 is 29.0 Å². The van der Waals surface area contributed by atoms with Crippen LogP contribution >= 0.6 is 23.1 Å². The maximum Gasteiger partial charge on any atom is 0.244 e. The minimum atomic E-state index is -0.411. The lowest BCUT2D eigenvalue weighted by Gasteiger charge is -2.12. The highest BCUT2D eigenvalue weighted by Gasteiger charge is 2.17. The molecule has 1 amide bonds. The van der Waals surface area contributed by atoms with Crippen LogP contribution in [0.1, 0.15) is 43.3 Å². The van der Waals surface area contributed by atoms with Gasteiger partial charge in [0, 0.05) is 6.20 Å². The van der Waals surface area contributed by atoms with Crippen LogP contribution in [0.3, 0.4) is 0 Å². The Morgan fingerprint density at radius 1 is 1.50 bits per heavy atom. The predicted octanol–water partition coefficient (Wildman–Crippen LogP) is 2.39. The zero-order valence-electron chi connectivity index (χ0n) is 11.5. The summed E-state index contributed by atoms with van der Waals surface area (Å²) in [6.45, 7) is 6.31. The van der Waals surface area contributed by atoms with E-state index in [4.69, 9.17) is 11.6 Å². The minimum absolute atomic E-state index is 0.118. The summed E-state index contributed by atoms with van der Waals surface area (Å²) < 4.78 is 5.47. The van der Waals surface area contributed by atoms with Crippen molar-refractivity contribution in [3.8, 4) is 0 Å². The molecule has 2 aromatic heterocycles. The molecule has 6 nitrogen and oxygen atoms in total. The molecule has 2 aromatic rings. The molecule has 0 spiro atoms. The summed E-state index contributed by atoms with van der Waals surface area (Å²) in [6, 6.07) is -0.411. The molecule has 0 aliphatic carbocycles. The van der Waals surface area contributed by atoms with Crippen molar-refractivity contribution in [1.29, 1.82) is 0 Å². The van der Waals surface area contributed by atoms with Gasteiger partial charge >= 0.3 is 0 Å².